The standard InChI is InChI=1S/C15H27NO3/c1-16-14(12-2-6-17-7-3-12)13-4-8-19-15(10-13)5-9-18-11-15/h12-14,16H,2-11H2,1H3. The zero-order valence-corrected chi connectivity index (χ0v) is 12.0. The predicted molar refractivity (Wildman–Crippen MR) is 73.2 cm³/mol. The average molecular weight is 269 g/mol. The first-order valence-electron chi connectivity index (χ1n) is 7.80. The van der Waals surface area contributed by atoms with Crippen LogP contribution in [-0.2, 0) is 14.2 Å². The minimum atomic E-state index is 0.0309. The van der Waals surface area contributed by atoms with Crippen LogP contribution in [0.5, 0.6) is 0 Å². The van der Waals surface area contributed by atoms with E-state index in [0.29, 0.717) is 6.04 Å². The summed E-state index contributed by atoms with van der Waals surface area (Å²) in [5.74, 6) is 1.49. The fourth-order valence-electron chi connectivity index (χ4n) is 4.17. The summed E-state index contributed by atoms with van der Waals surface area (Å²) in [4.78, 5) is 0. The second kappa shape index (κ2) is 6.08. The fraction of sp³-hybridized carbons (Fsp3) is 1.00. The molecular weight excluding hydrogens is 242 g/mol. The smallest absolute Gasteiger partial charge is 0.0939 e. The van der Waals surface area contributed by atoms with Gasteiger partial charge in [-0.05, 0) is 44.6 Å². The molecule has 0 aliphatic carbocycles. The van der Waals surface area contributed by atoms with E-state index in [1.165, 1.54) is 19.3 Å². The third kappa shape index (κ3) is 2.97. The summed E-state index contributed by atoms with van der Waals surface area (Å²) in [6.07, 6.45) is 5.83. The lowest BCUT2D eigenvalue weighted by Crippen LogP contribution is -2.50. The lowest BCUT2D eigenvalue weighted by Gasteiger charge is -2.43. The van der Waals surface area contributed by atoms with Gasteiger partial charge in [0.2, 0.25) is 0 Å². The Morgan fingerprint density at radius 2 is 1.79 bits per heavy atom. The van der Waals surface area contributed by atoms with Gasteiger partial charge in [0.1, 0.15) is 0 Å². The van der Waals surface area contributed by atoms with Gasteiger partial charge >= 0.3 is 0 Å². The molecule has 0 aromatic carbocycles. The summed E-state index contributed by atoms with van der Waals surface area (Å²) < 4.78 is 17.1. The van der Waals surface area contributed by atoms with Crippen LogP contribution in [0.15, 0.2) is 0 Å². The molecule has 0 bridgehead atoms. The molecule has 1 spiro atoms. The molecule has 0 aromatic heterocycles. The monoisotopic (exact) mass is 269 g/mol. The highest BCUT2D eigenvalue weighted by atomic mass is 16.6. The summed E-state index contributed by atoms with van der Waals surface area (Å²) in [6, 6.07) is 0.616. The van der Waals surface area contributed by atoms with Crippen LogP contribution in [0.1, 0.15) is 32.1 Å². The molecule has 0 aromatic rings. The zero-order chi connectivity index (χ0) is 13.1. The number of hydrogen-bond donors (Lipinski definition) is 1. The van der Waals surface area contributed by atoms with Crippen molar-refractivity contribution < 1.29 is 14.2 Å². The third-order valence-corrected chi connectivity index (χ3v) is 5.21. The van der Waals surface area contributed by atoms with Crippen LogP contribution in [0.4, 0.5) is 0 Å². The summed E-state index contributed by atoms with van der Waals surface area (Å²) in [7, 11) is 2.12. The Balaban J connectivity index is 1.64. The van der Waals surface area contributed by atoms with Gasteiger partial charge in [0.25, 0.3) is 0 Å². The largest absolute Gasteiger partial charge is 0.381 e. The van der Waals surface area contributed by atoms with Crippen molar-refractivity contribution in [2.75, 3.05) is 40.1 Å². The van der Waals surface area contributed by atoms with Crippen LogP contribution in [0, 0.1) is 11.8 Å². The van der Waals surface area contributed by atoms with E-state index in [4.69, 9.17) is 14.2 Å². The molecule has 3 aliphatic heterocycles. The van der Waals surface area contributed by atoms with Crippen molar-refractivity contribution >= 4 is 0 Å². The van der Waals surface area contributed by atoms with Crippen molar-refractivity contribution in [2.24, 2.45) is 11.8 Å². The van der Waals surface area contributed by atoms with E-state index in [0.717, 1.165) is 57.7 Å². The van der Waals surface area contributed by atoms with E-state index in [2.05, 4.69) is 12.4 Å². The molecular formula is C15H27NO3. The molecule has 3 rings (SSSR count). The Bertz CT molecular complexity index is 285. The molecule has 110 valence electrons. The lowest BCUT2D eigenvalue weighted by molar-refractivity contribution is -0.107. The molecule has 0 saturated carbocycles. The quantitative estimate of drug-likeness (QED) is 0.844. The second-order valence-corrected chi connectivity index (χ2v) is 6.35. The molecule has 0 amide bonds. The number of rotatable bonds is 3. The Hall–Kier alpha value is -0.160. The molecule has 3 aliphatic rings. The van der Waals surface area contributed by atoms with Crippen molar-refractivity contribution in [3.63, 3.8) is 0 Å². The van der Waals surface area contributed by atoms with Crippen molar-refractivity contribution in [2.45, 2.75) is 43.7 Å². The number of ether oxygens (including phenoxy) is 3. The molecule has 3 atom stereocenters. The first-order valence-corrected chi connectivity index (χ1v) is 7.80. The number of nitrogens with one attached hydrogen (secondary N) is 1. The van der Waals surface area contributed by atoms with Crippen molar-refractivity contribution in [1.82, 2.24) is 5.32 Å². The second-order valence-electron chi connectivity index (χ2n) is 6.35. The summed E-state index contributed by atoms with van der Waals surface area (Å²) in [5.41, 5.74) is 0.0309. The van der Waals surface area contributed by atoms with Crippen molar-refractivity contribution in [3.05, 3.63) is 0 Å². The van der Waals surface area contributed by atoms with Crippen LogP contribution in [0.25, 0.3) is 0 Å². The molecule has 3 fully saturated rings. The molecule has 4 heteroatoms. The average Bonchev–Trinajstić information content (AvgIpc) is 2.89. The first-order chi connectivity index (χ1) is 9.33. The summed E-state index contributed by atoms with van der Waals surface area (Å²) in [5, 5.41) is 3.60. The Morgan fingerprint density at radius 3 is 2.47 bits per heavy atom. The van der Waals surface area contributed by atoms with Gasteiger partial charge in [0.15, 0.2) is 0 Å². The van der Waals surface area contributed by atoms with E-state index in [9.17, 15) is 0 Å². The molecule has 3 heterocycles. The molecule has 19 heavy (non-hydrogen) atoms. The topological polar surface area (TPSA) is 39.7 Å². The van der Waals surface area contributed by atoms with E-state index in [1.807, 2.05) is 0 Å². The zero-order valence-electron chi connectivity index (χ0n) is 12.0. The highest BCUT2D eigenvalue weighted by Gasteiger charge is 2.44. The van der Waals surface area contributed by atoms with Gasteiger partial charge in [-0.1, -0.05) is 0 Å². The summed E-state index contributed by atoms with van der Waals surface area (Å²) >= 11 is 0. The first kappa shape index (κ1) is 13.8. The molecule has 3 unspecified atom stereocenters. The normalized spacial score (nSPS) is 38.7. The van der Waals surface area contributed by atoms with Crippen LogP contribution in [0.3, 0.4) is 0 Å². The highest BCUT2D eigenvalue weighted by Crippen LogP contribution is 2.39. The van der Waals surface area contributed by atoms with Gasteiger partial charge in [0.05, 0.1) is 12.2 Å². The van der Waals surface area contributed by atoms with E-state index >= 15 is 0 Å². The van der Waals surface area contributed by atoms with Crippen LogP contribution in [0.2, 0.25) is 0 Å². The molecule has 4 nitrogen and oxygen atoms in total. The molecule has 3 saturated heterocycles. The van der Waals surface area contributed by atoms with Gasteiger partial charge in [0, 0.05) is 38.9 Å². The van der Waals surface area contributed by atoms with Gasteiger partial charge in [-0.3, -0.25) is 0 Å². The Labute approximate surface area is 116 Å². The van der Waals surface area contributed by atoms with Gasteiger partial charge < -0.3 is 19.5 Å². The van der Waals surface area contributed by atoms with Gasteiger partial charge in [-0.15, -0.1) is 0 Å². The lowest BCUT2D eigenvalue weighted by atomic mass is 9.75. The molecule has 0 radical (unpaired) electrons. The third-order valence-electron chi connectivity index (χ3n) is 5.21. The summed E-state index contributed by atoms with van der Waals surface area (Å²) in [6.45, 7) is 4.43. The maximum absolute atomic E-state index is 6.06. The van der Waals surface area contributed by atoms with E-state index < -0.39 is 0 Å². The van der Waals surface area contributed by atoms with Crippen LogP contribution >= 0.6 is 0 Å². The highest BCUT2D eigenvalue weighted by molar-refractivity contribution is 4.95. The Kier molecular flexibility index (Phi) is 4.42. The van der Waals surface area contributed by atoms with Crippen LogP contribution in [-0.4, -0.2) is 51.7 Å². The number of hydrogen-bond acceptors (Lipinski definition) is 4. The molecule has 1 N–H and O–H groups in total. The van der Waals surface area contributed by atoms with Crippen molar-refractivity contribution in [3.8, 4) is 0 Å². The van der Waals surface area contributed by atoms with Crippen molar-refractivity contribution in [1.29, 1.82) is 0 Å². The van der Waals surface area contributed by atoms with E-state index in [-0.39, 0.29) is 5.60 Å². The van der Waals surface area contributed by atoms with Gasteiger partial charge in [-0.25, -0.2) is 0 Å². The van der Waals surface area contributed by atoms with E-state index in [1.54, 1.807) is 0 Å². The fourth-order valence-corrected chi connectivity index (χ4v) is 4.17. The minimum Gasteiger partial charge on any atom is -0.381 e. The SMILES string of the molecule is CNC(C1CCOCC1)C1CCOC2(CCOC2)C1. The minimum absolute atomic E-state index is 0.0309. The maximum Gasteiger partial charge on any atom is 0.0939 e. The predicted octanol–water partition coefficient (Wildman–Crippen LogP) is 1.59. The van der Waals surface area contributed by atoms with Crippen LogP contribution < -0.4 is 5.32 Å². The Morgan fingerprint density at radius 1 is 1.00 bits per heavy atom. The van der Waals surface area contributed by atoms with Gasteiger partial charge in [-0.2, -0.15) is 0 Å². The maximum atomic E-state index is 6.06.